The third kappa shape index (κ3) is 2080. The zero-order valence-electron chi connectivity index (χ0n) is 24.5. The molecule has 0 fully saturated rings. The van der Waals surface area contributed by atoms with Crippen molar-refractivity contribution < 1.29 is 466 Å². The van der Waals surface area contributed by atoms with Crippen LogP contribution < -0.4 is 284 Å². The first kappa shape index (κ1) is 131. The van der Waals surface area contributed by atoms with Crippen LogP contribution in [0.15, 0.2) is 0 Å². The van der Waals surface area contributed by atoms with Crippen LogP contribution in [0.5, 0.6) is 0 Å². The summed E-state index contributed by atoms with van der Waals surface area (Å²) in [6.45, 7) is 0. The fourth-order valence-electron chi connectivity index (χ4n) is 0. The second-order valence-electron chi connectivity index (χ2n) is 3.75. The molecule has 0 heterocycles. The van der Waals surface area contributed by atoms with Crippen molar-refractivity contribution in [2.24, 2.45) is 0 Å². The molecule has 0 bridgehead atoms. The van der Waals surface area contributed by atoms with Gasteiger partial charge in [0, 0.05) is 84.3 Å². The van der Waals surface area contributed by atoms with Gasteiger partial charge in [-0.15, -0.1) is 0 Å². The summed E-state index contributed by atoms with van der Waals surface area (Å²) in [5.41, 5.74) is 0. The van der Waals surface area contributed by atoms with Crippen LogP contribution in [0.25, 0.3) is 0 Å². The first-order valence-electron chi connectivity index (χ1n) is 5.98. The summed E-state index contributed by atoms with van der Waals surface area (Å²) in [5.74, 6) is 0. The van der Waals surface area contributed by atoms with Crippen LogP contribution in [0.3, 0.4) is 0 Å². The van der Waals surface area contributed by atoms with Crippen molar-refractivity contribution in [1.29, 1.82) is 0 Å². The number of rotatable bonds is 0. The molecule has 52 heteroatoms. The topological polar surface area (TPSA) is 799 Å². The third-order valence-corrected chi connectivity index (χ3v) is 0. The normalized spacial score (nSPS) is 9.08. The monoisotopic (exact) mass is 1780 g/mol. The second-order valence-corrected chi connectivity index (χ2v) is 11.2. The molecule has 20 N–H and O–H groups in total. The summed E-state index contributed by atoms with van der Waals surface area (Å²) in [7, 11) is -41.1. The van der Waals surface area contributed by atoms with E-state index in [4.69, 9.17) is 154 Å². The van der Waals surface area contributed by atoms with Crippen molar-refractivity contribution in [2.45, 2.75) is 0 Å². The van der Waals surface area contributed by atoms with Crippen LogP contribution >= 0.6 is 62.6 Å². The number of hydrogen-bond acceptors (Lipinski definition) is 24. The summed E-state index contributed by atoms with van der Waals surface area (Å²) in [6, 6.07) is 0. The van der Waals surface area contributed by atoms with Crippen molar-refractivity contribution in [1.82, 2.24) is 0 Å². The van der Waals surface area contributed by atoms with E-state index in [1.807, 2.05) is 0 Å². The molecular formula is H20K4O36P8Pt4-8. The van der Waals surface area contributed by atoms with E-state index in [1.54, 1.807) is 0 Å². The van der Waals surface area contributed by atoms with Gasteiger partial charge in [0.15, 0.2) is 0 Å². The SMILES string of the molecule is O=P([O-])([O-])O.O=P([O-])([O-])O.O=P([O-])([O-])O.O=P([O-])([O-])O.O=P([O-])([O-])O.O=P([O-])([O-])O.O=P([O-])([O-])O.O=P([O-])([O-])O.[K+].[K+].[K+].[K+].[OH3+].[OH3+].[OH3+].[OH3+].[Pt].[Pt].[Pt].[Pt]. The number of hydrogen-bond donors (Lipinski definition) is 8. The van der Waals surface area contributed by atoms with E-state index in [0.29, 0.717) is 0 Å². The van der Waals surface area contributed by atoms with E-state index in [-0.39, 0.29) is 312 Å². The van der Waals surface area contributed by atoms with Crippen LogP contribution in [0.1, 0.15) is 0 Å². The Kier molecular flexibility index (Phi) is 164. The van der Waals surface area contributed by atoms with Gasteiger partial charge in [-0.25, -0.2) is 0 Å². The Labute approximate surface area is 516 Å². The fraction of sp³-hybridized carbons (Fsp3) is 0. The van der Waals surface area contributed by atoms with Crippen LogP contribution in [0.2, 0.25) is 0 Å². The first-order chi connectivity index (χ1) is 16.0. The van der Waals surface area contributed by atoms with Crippen molar-refractivity contribution in [3.8, 4) is 0 Å². The molecule has 52 heavy (non-hydrogen) atoms. The zero-order valence-corrected chi connectivity index (χ0v) is 53.3. The minimum Gasteiger partial charge on any atom is -0.790 e. The van der Waals surface area contributed by atoms with Crippen molar-refractivity contribution in [3.05, 3.63) is 0 Å². The summed E-state index contributed by atoms with van der Waals surface area (Å²) >= 11 is 0. The maximum Gasteiger partial charge on any atom is 1.00 e. The van der Waals surface area contributed by atoms with E-state index in [1.165, 1.54) is 0 Å². The van der Waals surface area contributed by atoms with E-state index < -0.39 is 62.6 Å². The molecule has 0 aromatic carbocycles. The Morgan fingerprint density at radius 1 is 0.212 bits per heavy atom. The summed E-state index contributed by atoms with van der Waals surface area (Å²) in [5, 5.41) is 0. The molecule has 0 rings (SSSR count). The molecule has 0 aliphatic heterocycles. The summed E-state index contributed by atoms with van der Waals surface area (Å²) in [4.78, 5) is 194. The van der Waals surface area contributed by atoms with Gasteiger partial charge in [-0.05, 0) is 0 Å². The van der Waals surface area contributed by atoms with E-state index in [9.17, 15) is 0 Å². The second kappa shape index (κ2) is 65.3. The molecule has 0 atom stereocenters. The minimum absolute atomic E-state index is 0. The molecule has 0 unspecified atom stereocenters. The van der Waals surface area contributed by atoms with Crippen LogP contribution in [-0.4, -0.2) is 39.1 Å². The van der Waals surface area contributed by atoms with Crippen LogP contribution in [-0.2, 0) is 143 Å². The van der Waals surface area contributed by atoms with E-state index in [2.05, 4.69) is 0 Å². The molecule has 0 saturated heterocycles. The van der Waals surface area contributed by atoms with Gasteiger partial charge in [-0.1, -0.05) is 0 Å². The predicted octanol–water partition coefficient (Wildman–Crippen LogP) is -33.2. The molecular weight excluding hydrogens is 1760 g/mol. The van der Waals surface area contributed by atoms with Gasteiger partial charge in [-0.3, -0.25) is 0 Å². The first-order valence-corrected chi connectivity index (χ1v) is 17.9. The van der Waals surface area contributed by atoms with Gasteiger partial charge in [0.25, 0.3) is 0 Å². The Bertz CT molecular complexity index is 680. The third-order valence-electron chi connectivity index (χ3n) is 0. The van der Waals surface area contributed by atoms with Crippen molar-refractivity contribution in [3.63, 3.8) is 0 Å². The van der Waals surface area contributed by atoms with Gasteiger partial charge in [-0.2, -0.15) is 0 Å². The molecule has 0 spiro atoms. The molecule has 328 valence electrons. The Hall–Kier alpha value is 10.0. The van der Waals surface area contributed by atoms with E-state index >= 15 is 0 Å². The van der Waals surface area contributed by atoms with E-state index in [0.717, 1.165) is 0 Å². The van der Waals surface area contributed by atoms with Crippen molar-refractivity contribution in [2.75, 3.05) is 0 Å². The Morgan fingerprint density at radius 3 is 0.212 bits per heavy atom. The molecule has 0 aromatic rings. The molecule has 0 aliphatic carbocycles. The van der Waals surface area contributed by atoms with Gasteiger partial charge >= 0.3 is 206 Å². The smallest absolute Gasteiger partial charge is 0.790 e. The largest absolute Gasteiger partial charge is 1.00 e. The van der Waals surface area contributed by atoms with Gasteiger partial charge in [0.05, 0.1) is 62.6 Å². The molecule has 0 amide bonds. The average molecular weight is 1780 g/mol. The summed E-state index contributed by atoms with van der Waals surface area (Å²) < 4.78 is 69.3. The van der Waals surface area contributed by atoms with Gasteiger partial charge in [0.2, 0.25) is 0 Å². The molecule has 0 saturated carbocycles. The quantitative estimate of drug-likeness (QED) is 0.0634. The Balaban J connectivity index is -0.0000000121. The van der Waals surface area contributed by atoms with Gasteiger partial charge in [0.1, 0.15) is 0 Å². The average Bonchev–Trinajstić information content (AvgIpc) is 2.16. The van der Waals surface area contributed by atoms with Crippen molar-refractivity contribution >= 4 is 62.6 Å². The molecule has 0 aromatic heterocycles. The predicted molar refractivity (Wildman–Crippen MR) is 98.1 cm³/mol. The Morgan fingerprint density at radius 2 is 0.212 bits per heavy atom. The molecule has 0 aliphatic rings. The van der Waals surface area contributed by atoms with Crippen LogP contribution in [0, 0.1) is 0 Å². The molecule has 36 nitrogen and oxygen atoms in total. The molecule has 0 radical (unpaired) electrons. The zero-order chi connectivity index (χ0) is 36.0. The van der Waals surface area contributed by atoms with Crippen LogP contribution in [0.4, 0.5) is 0 Å². The maximum absolute atomic E-state index is 8.66. The number of phosphoric acid groups is 8. The fourth-order valence-corrected chi connectivity index (χ4v) is 0. The standard InChI is InChI=1S/4K.8H3O4P.4H2O.4Pt/c;;;;8*1-5(2,3)4;;;;;;;;/h;;;;8*(H3,1,2,3,4);4*1H2;;;;/q4*+1;;;;;;;;;;;;;;;;/p-12. The minimum atomic E-state index is -5.14. The maximum atomic E-state index is 8.66. The van der Waals surface area contributed by atoms with Gasteiger partial charge < -0.3 is 176 Å². The summed E-state index contributed by atoms with van der Waals surface area (Å²) in [6.07, 6.45) is 0.